The minimum atomic E-state index is -0.180. The lowest BCUT2D eigenvalue weighted by Gasteiger charge is -2.15. The molecule has 1 aliphatic rings. The summed E-state index contributed by atoms with van der Waals surface area (Å²) in [7, 11) is 0. The molecular weight excluding hydrogens is 580 g/mol. The second-order valence-corrected chi connectivity index (χ2v) is 11.1. The quantitative estimate of drug-likeness (QED) is 0.168. The van der Waals surface area contributed by atoms with Crippen molar-refractivity contribution in [1.82, 2.24) is 4.90 Å². The molecule has 1 heterocycles. The van der Waals surface area contributed by atoms with Crippen molar-refractivity contribution in [3.63, 3.8) is 0 Å². The van der Waals surface area contributed by atoms with Crippen LogP contribution in [0.2, 0.25) is 5.02 Å². The fourth-order valence-corrected chi connectivity index (χ4v) is 5.37. The van der Waals surface area contributed by atoms with E-state index in [9.17, 15) is 4.79 Å². The largest absolute Gasteiger partial charge is 0.492 e. The molecule has 0 fully saturated rings. The lowest BCUT2D eigenvalue weighted by Crippen LogP contribution is -2.13. The molecule has 2 aromatic carbocycles. The van der Waals surface area contributed by atoms with Gasteiger partial charge in [-0.1, -0.05) is 101 Å². The van der Waals surface area contributed by atoms with Crippen molar-refractivity contribution in [2.75, 3.05) is 17.8 Å². The molecule has 4 nitrogen and oxygen atoms in total. The summed E-state index contributed by atoms with van der Waals surface area (Å²) in [6, 6.07) is 13.2. The van der Waals surface area contributed by atoms with E-state index in [0.29, 0.717) is 22.9 Å². The standard InChI is InChI=1S/C31H43ClN2O2S.BrH/c1-2-3-4-5-6-7-8-9-10-11-12-13-21-36-30-19-16-27(23-29(30)32)31(35)33-28-17-14-26(15-18-28)24-34-20-22-37-25-34;/h14-20,22-23H,2-13,21,24-25H2,1H3,(H,33,35);1H. The van der Waals surface area contributed by atoms with Crippen LogP contribution >= 0.6 is 40.3 Å². The molecule has 210 valence electrons. The molecule has 0 unspecified atom stereocenters. The van der Waals surface area contributed by atoms with E-state index in [1.54, 1.807) is 30.0 Å². The fourth-order valence-electron chi connectivity index (χ4n) is 4.42. The van der Waals surface area contributed by atoms with Gasteiger partial charge in [0, 0.05) is 24.0 Å². The van der Waals surface area contributed by atoms with E-state index in [2.05, 4.69) is 28.7 Å². The van der Waals surface area contributed by atoms with Gasteiger partial charge in [-0.2, -0.15) is 0 Å². The first-order valence-electron chi connectivity index (χ1n) is 14.0. The number of hydrogen-bond donors (Lipinski definition) is 1. The molecule has 0 bridgehead atoms. The van der Waals surface area contributed by atoms with Crippen molar-refractivity contribution in [3.8, 4) is 5.75 Å². The number of halogens is 2. The Morgan fingerprint density at radius 3 is 2.13 bits per heavy atom. The molecule has 0 saturated heterocycles. The van der Waals surface area contributed by atoms with Crippen LogP contribution in [-0.2, 0) is 6.54 Å². The maximum absolute atomic E-state index is 12.7. The van der Waals surface area contributed by atoms with Crippen LogP contribution in [0, 0.1) is 0 Å². The summed E-state index contributed by atoms with van der Waals surface area (Å²) >= 11 is 8.21. The van der Waals surface area contributed by atoms with E-state index < -0.39 is 0 Å². The predicted molar refractivity (Wildman–Crippen MR) is 170 cm³/mol. The normalized spacial score (nSPS) is 12.4. The number of ether oxygens (including phenoxy) is 1. The summed E-state index contributed by atoms with van der Waals surface area (Å²) in [4.78, 5) is 14.9. The highest BCUT2D eigenvalue weighted by atomic mass is 79.9. The van der Waals surface area contributed by atoms with Crippen LogP contribution in [0.1, 0.15) is 99.9 Å². The predicted octanol–water partition coefficient (Wildman–Crippen LogP) is 10.2. The summed E-state index contributed by atoms with van der Waals surface area (Å²) < 4.78 is 5.88. The van der Waals surface area contributed by atoms with Gasteiger partial charge in [-0.15, -0.1) is 28.7 Å². The van der Waals surface area contributed by atoms with E-state index in [1.165, 1.54) is 76.2 Å². The van der Waals surface area contributed by atoms with Gasteiger partial charge >= 0.3 is 0 Å². The third-order valence-electron chi connectivity index (χ3n) is 6.66. The Balaban J connectivity index is 0.00000507. The molecule has 0 aliphatic carbocycles. The highest BCUT2D eigenvalue weighted by Crippen LogP contribution is 2.26. The van der Waals surface area contributed by atoms with E-state index in [-0.39, 0.29) is 22.9 Å². The third kappa shape index (κ3) is 12.5. The summed E-state index contributed by atoms with van der Waals surface area (Å²) in [6.45, 7) is 3.79. The molecular formula is C31H44BrClN2O2S. The first-order valence-corrected chi connectivity index (χ1v) is 15.4. The van der Waals surface area contributed by atoms with Gasteiger partial charge in [0.05, 0.1) is 17.5 Å². The van der Waals surface area contributed by atoms with Crippen molar-refractivity contribution < 1.29 is 9.53 Å². The number of unbranched alkanes of at least 4 members (excludes halogenated alkanes) is 11. The minimum Gasteiger partial charge on any atom is -0.492 e. The molecule has 38 heavy (non-hydrogen) atoms. The molecule has 0 spiro atoms. The average Bonchev–Trinajstić information content (AvgIpc) is 3.42. The number of thioether (sulfide) groups is 1. The zero-order valence-electron chi connectivity index (χ0n) is 22.8. The summed E-state index contributed by atoms with van der Waals surface area (Å²) in [5.74, 6) is 1.44. The molecule has 7 heteroatoms. The Bertz CT molecular complexity index is 971. The minimum absolute atomic E-state index is 0. The summed E-state index contributed by atoms with van der Waals surface area (Å²) in [5, 5.41) is 5.53. The maximum Gasteiger partial charge on any atom is 0.255 e. The molecule has 1 amide bonds. The van der Waals surface area contributed by atoms with Crippen LogP contribution in [0.5, 0.6) is 5.75 Å². The summed E-state index contributed by atoms with van der Waals surface area (Å²) in [5.41, 5.74) is 2.50. The van der Waals surface area contributed by atoms with Gasteiger partial charge in [0.15, 0.2) is 0 Å². The van der Waals surface area contributed by atoms with Crippen molar-refractivity contribution >= 4 is 51.9 Å². The van der Waals surface area contributed by atoms with Crippen LogP contribution in [0.15, 0.2) is 54.1 Å². The number of rotatable bonds is 18. The van der Waals surface area contributed by atoms with Gasteiger partial charge < -0.3 is 15.0 Å². The zero-order valence-corrected chi connectivity index (χ0v) is 26.0. The van der Waals surface area contributed by atoms with Crippen LogP contribution in [0.3, 0.4) is 0 Å². The van der Waals surface area contributed by atoms with Gasteiger partial charge in [-0.05, 0) is 47.7 Å². The molecule has 2 aromatic rings. The highest BCUT2D eigenvalue weighted by molar-refractivity contribution is 8.93. The third-order valence-corrected chi connectivity index (χ3v) is 7.75. The van der Waals surface area contributed by atoms with Gasteiger partial charge in [0.2, 0.25) is 0 Å². The Morgan fingerprint density at radius 1 is 0.921 bits per heavy atom. The lowest BCUT2D eigenvalue weighted by molar-refractivity contribution is 0.102. The second kappa shape index (κ2) is 19.4. The van der Waals surface area contributed by atoms with E-state index in [4.69, 9.17) is 16.3 Å². The lowest BCUT2D eigenvalue weighted by atomic mass is 10.1. The summed E-state index contributed by atoms with van der Waals surface area (Å²) in [6.07, 6.45) is 17.9. The SMILES string of the molecule is Br.CCCCCCCCCCCCCCOc1ccc(C(=O)Nc2ccc(CN3C=CSC3)cc2)cc1Cl. The number of nitrogens with one attached hydrogen (secondary N) is 1. The number of nitrogens with zero attached hydrogens (tertiary/aromatic N) is 1. The smallest absolute Gasteiger partial charge is 0.255 e. The highest BCUT2D eigenvalue weighted by Gasteiger charge is 2.11. The Morgan fingerprint density at radius 2 is 1.55 bits per heavy atom. The van der Waals surface area contributed by atoms with Crippen LogP contribution in [-0.4, -0.2) is 23.3 Å². The Kier molecular flexibility index (Phi) is 16.7. The van der Waals surface area contributed by atoms with E-state index >= 15 is 0 Å². The number of anilines is 1. The molecule has 3 rings (SSSR count). The number of carbonyl (C=O) groups is 1. The Hall–Kier alpha value is -1.63. The molecule has 0 atom stereocenters. The van der Waals surface area contributed by atoms with Crippen molar-refractivity contribution in [1.29, 1.82) is 0 Å². The van der Waals surface area contributed by atoms with Crippen LogP contribution in [0.4, 0.5) is 5.69 Å². The van der Waals surface area contributed by atoms with Crippen molar-refractivity contribution in [2.45, 2.75) is 90.5 Å². The fraction of sp³-hybridized carbons (Fsp3) is 0.516. The molecule has 0 saturated carbocycles. The van der Waals surface area contributed by atoms with Crippen molar-refractivity contribution in [2.24, 2.45) is 0 Å². The molecule has 0 radical (unpaired) electrons. The number of carbonyl (C=O) groups excluding carboxylic acids is 1. The number of benzene rings is 2. The molecule has 0 aromatic heterocycles. The molecule has 1 N–H and O–H groups in total. The van der Waals surface area contributed by atoms with E-state index in [0.717, 1.165) is 24.5 Å². The number of hydrogen-bond acceptors (Lipinski definition) is 4. The Labute approximate surface area is 249 Å². The van der Waals surface area contributed by atoms with Crippen molar-refractivity contribution in [3.05, 3.63) is 70.2 Å². The first-order chi connectivity index (χ1) is 18.2. The van der Waals surface area contributed by atoms with Gasteiger partial charge in [-0.25, -0.2) is 0 Å². The number of amides is 1. The zero-order chi connectivity index (χ0) is 26.1. The second-order valence-electron chi connectivity index (χ2n) is 9.86. The maximum atomic E-state index is 12.7. The van der Waals surface area contributed by atoms with Gasteiger partial charge in [0.25, 0.3) is 5.91 Å². The monoisotopic (exact) mass is 622 g/mol. The molecule has 1 aliphatic heterocycles. The van der Waals surface area contributed by atoms with Crippen LogP contribution in [0.25, 0.3) is 0 Å². The first kappa shape index (κ1) is 32.6. The topological polar surface area (TPSA) is 41.6 Å². The average molecular weight is 624 g/mol. The van der Waals surface area contributed by atoms with Gasteiger partial charge in [-0.3, -0.25) is 4.79 Å². The van der Waals surface area contributed by atoms with Crippen LogP contribution < -0.4 is 10.1 Å². The van der Waals surface area contributed by atoms with E-state index in [1.807, 2.05) is 24.3 Å². The van der Waals surface area contributed by atoms with Gasteiger partial charge in [0.1, 0.15) is 5.75 Å².